The highest BCUT2D eigenvalue weighted by Crippen LogP contribution is 2.21. The molecule has 0 saturated carbocycles. The van der Waals surface area contributed by atoms with Crippen molar-refractivity contribution in [3.8, 4) is 0 Å². The topological polar surface area (TPSA) is 50.4 Å². The van der Waals surface area contributed by atoms with E-state index in [9.17, 15) is 4.79 Å². The molecule has 0 aliphatic rings. The molecule has 0 amide bonds. The van der Waals surface area contributed by atoms with E-state index in [1.54, 1.807) is 12.1 Å². The van der Waals surface area contributed by atoms with Crippen molar-refractivity contribution in [3.63, 3.8) is 0 Å². The molecule has 0 aliphatic carbocycles. The highest BCUT2D eigenvalue weighted by atomic mass is 35.5. The highest BCUT2D eigenvalue weighted by molar-refractivity contribution is 6.28. The van der Waals surface area contributed by atoms with Gasteiger partial charge in [-0.25, -0.2) is 0 Å². The van der Waals surface area contributed by atoms with Crippen LogP contribution in [0.25, 0.3) is 0 Å². The Hall–Kier alpha value is -0.960. The van der Waals surface area contributed by atoms with Crippen molar-refractivity contribution in [2.45, 2.75) is 20.3 Å². The maximum atomic E-state index is 10.9. The number of rotatable bonds is 4. The van der Waals surface area contributed by atoms with Crippen LogP contribution in [0.1, 0.15) is 19.6 Å². The summed E-state index contributed by atoms with van der Waals surface area (Å²) < 4.78 is 5.12. The van der Waals surface area contributed by atoms with Gasteiger partial charge in [-0.3, -0.25) is 4.79 Å². The lowest BCUT2D eigenvalue weighted by molar-refractivity contribution is -0.143. The molecule has 0 fully saturated rings. The van der Waals surface area contributed by atoms with Gasteiger partial charge in [-0.15, -0.1) is 0 Å². The van der Waals surface area contributed by atoms with Gasteiger partial charge in [-0.05, 0) is 29.7 Å². The molecule has 0 radical (unpaired) electrons. The van der Waals surface area contributed by atoms with Gasteiger partial charge in [0.15, 0.2) is 5.22 Å². The molecule has 1 aromatic rings. The SMILES string of the molecule is CC(C)C(Cc1ccc(Cl)o1)C(=O)O. The van der Waals surface area contributed by atoms with Crippen molar-refractivity contribution >= 4 is 17.6 Å². The van der Waals surface area contributed by atoms with Gasteiger partial charge in [0, 0.05) is 6.42 Å². The summed E-state index contributed by atoms with van der Waals surface area (Å²) in [5.41, 5.74) is 0. The quantitative estimate of drug-likeness (QED) is 0.842. The number of carboxylic acid groups (broad SMARTS) is 1. The molecule has 0 aromatic carbocycles. The Labute approximate surface area is 87.7 Å². The van der Waals surface area contributed by atoms with Gasteiger partial charge in [-0.1, -0.05) is 13.8 Å². The van der Waals surface area contributed by atoms with Crippen LogP contribution in [0.3, 0.4) is 0 Å². The molecule has 1 heterocycles. The lowest BCUT2D eigenvalue weighted by Gasteiger charge is -2.14. The van der Waals surface area contributed by atoms with E-state index in [1.807, 2.05) is 13.8 Å². The van der Waals surface area contributed by atoms with E-state index in [0.29, 0.717) is 17.4 Å². The van der Waals surface area contributed by atoms with Crippen molar-refractivity contribution in [1.29, 1.82) is 0 Å². The van der Waals surface area contributed by atoms with Gasteiger partial charge in [0.2, 0.25) is 0 Å². The van der Waals surface area contributed by atoms with E-state index in [1.165, 1.54) is 0 Å². The minimum absolute atomic E-state index is 0.0800. The van der Waals surface area contributed by atoms with E-state index in [4.69, 9.17) is 21.1 Å². The van der Waals surface area contributed by atoms with Crippen LogP contribution in [0, 0.1) is 11.8 Å². The molecule has 14 heavy (non-hydrogen) atoms. The second-order valence-corrected chi connectivity index (χ2v) is 3.97. The molecular weight excluding hydrogens is 204 g/mol. The fourth-order valence-corrected chi connectivity index (χ4v) is 1.45. The maximum absolute atomic E-state index is 10.9. The average molecular weight is 217 g/mol. The average Bonchev–Trinajstić information content (AvgIpc) is 2.46. The lowest BCUT2D eigenvalue weighted by Crippen LogP contribution is -2.21. The van der Waals surface area contributed by atoms with Gasteiger partial charge in [0.05, 0.1) is 5.92 Å². The second kappa shape index (κ2) is 4.51. The van der Waals surface area contributed by atoms with E-state index in [0.717, 1.165) is 0 Å². The molecule has 1 N–H and O–H groups in total. The summed E-state index contributed by atoms with van der Waals surface area (Å²) in [4.78, 5) is 10.9. The van der Waals surface area contributed by atoms with Crippen molar-refractivity contribution in [2.75, 3.05) is 0 Å². The highest BCUT2D eigenvalue weighted by Gasteiger charge is 2.23. The van der Waals surface area contributed by atoms with Crippen LogP contribution >= 0.6 is 11.6 Å². The normalized spacial score (nSPS) is 13.1. The van der Waals surface area contributed by atoms with Gasteiger partial charge >= 0.3 is 5.97 Å². The second-order valence-electron chi connectivity index (χ2n) is 3.60. The van der Waals surface area contributed by atoms with Crippen molar-refractivity contribution in [3.05, 3.63) is 23.1 Å². The third-order valence-corrected chi connectivity index (χ3v) is 2.38. The Bertz CT molecular complexity index is 317. The number of hydrogen-bond acceptors (Lipinski definition) is 2. The summed E-state index contributed by atoms with van der Waals surface area (Å²) in [5, 5.41) is 9.24. The number of halogens is 1. The van der Waals surface area contributed by atoms with Crippen molar-refractivity contribution < 1.29 is 14.3 Å². The third-order valence-electron chi connectivity index (χ3n) is 2.17. The number of carbonyl (C=O) groups is 1. The van der Waals surface area contributed by atoms with Gasteiger partial charge in [0.25, 0.3) is 0 Å². The number of hydrogen-bond donors (Lipinski definition) is 1. The van der Waals surface area contributed by atoms with Crippen LogP contribution in [0.15, 0.2) is 16.5 Å². The van der Waals surface area contributed by atoms with Gasteiger partial charge < -0.3 is 9.52 Å². The number of aliphatic carboxylic acids is 1. The summed E-state index contributed by atoms with van der Waals surface area (Å²) in [7, 11) is 0. The molecule has 0 spiro atoms. The number of carboxylic acids is 1. The van der Waals surface area contributed by atoms with Crippen LogP contribution in [-0.2, 0) is 11.2 Å². The molecule has 1 aromatic heterocycles. The molecular formula is C10H13ClO3. The minimum atomic E-state index is -0.799. The van der Waals surface area contributed by atoms with Crippen LogP contribution < -0.4 is 0 Å². The summed E-state index contributed by atoms with van der Waals surface area (Å²) in [5.74, 6) is -0.516. The zero-order chi connectivity index (χ0) is 10.7. The fourth-order valence-electron chi connectivity index (χ4n) is 1.29. The fraction of sp³-hybridized carbons (Fsp3) is 0.500. The van der Waals surface area contributed by atoms with E-state index in [2.05, 4.69) is 0 Å². The van der Waals surface area contributed by atoms with Crippen molar-refractivity contribution in [2.24, 2.45) is 11.8 Å². The summed E-state index contributed by atoms with van der Waals surface area (Å²) >= 11 is 5.59. The van der Waals surface area contributed by atoms with Crippen LogP contribution in [0.5, 0.6) is 0 Å². The molecule has 78 valence electrons. The zero-order valence-corrected chi connectivity index (χ0v) is 8.91. The summed E-state index contributed by atoms with van der Waals surface area (Å²) in [6.07, 6.45) is 0.389. The predicted octanol–water partition coefficient (Wildman–Crippen LogP) is 2.83. The van der Waals surface area contributed by atoms with E-state index >= 15 is 0 Å². The molecule has 4 heteroatoms. The number of furan rings is 1. The Morgan fingerprint density at radius 1 is 1.57 bits per heavy atom. The Morgan fingerprint density at radius 2 is 2.21 bits per heavy atom. The van der Waals surface area contributed by atoms with Crippen molar-refractivity contribution in [1.82, 2.24) is 0 Å². The molecule has 0 aliphatic heterocycles. The smallest absolute Gasteiger partial charge is 0.307 e. The largest absolute Gasteiger partial charge is 0.481 e. The predicted molar refractivity (Wildman–Crippen MR) is 53.4 cm³/mol. The summed E-state index contributed by atoms with van der Waals surface area (Å²) in [6.45, 7) is 3.76. The van der Waals surface area contributed by atoms with Gasteiger partial charge in [0.1, 0.15) is 5.76 Å². The Morgan fingerprint density at radius 3 is 2.57 bits per heavy atom. The molecule has 3 nitrogen and oxygen atoms in total. The zero-order valence-electron chi connectivity index (χ0n) is 8.16. The third kappa shape index (κ3) is 2.77. The van der Waals surface area contributed by atoms with Crippen LogP contribution in [0.4, 0.5) is 0 Å². The summed E-state index contributed by atoms with van der Waals surface area (Å²) in [6, 6.07) is 3.33. The first-order valence-corrected chi connectivity index (χ1v) is 4.85. The molecule has 1 atom stereocenters. The molecule has 0 saturated heterocycles. The van der Waals surface area contributed by atoms with Crippen LogP contribution in [0.2, 0.25) is 5.22 Å². The van der Waals surface area contributed by atoms with E-state index in [-0.39, 0.29) is 5.92 Å². The van der Waals surface area contributed by atoms with Crippen LogP contribution in [-0.4, -0.2) is 11.1 Å². The Kier molecular flexibility index (Phi) is 3.58. The first kappa shape index (κ1) is 11.1. The minimum Gasteiger partial charge on any atom is -0.481 e. The first-order chi connectivity index (χ1) is 6.50. The monoisotopic (exact) mass is 216 g/mol. The molecule has 1 unspecified atom stereocenters. The first-order valence-electron chi connectivity index (χ1n) is 4.47. The lowest BCUT2D eigenvalue weighted by atomic mass is 9.92. The van der Waals surface area contributed by atoms with E-state index < -0.39 is 11.9 Å². The molecule has 1 rings (SSSR count). The Balaban J connectivity index is 2.69. The maximum Gasteiger partial charge on any atom is 0.307 e. The molecule has 0 bridgehead atoms. The van der Waals surface area contributed by atoms with Gasteiger partial charge in [-0.2, -0.15) is 0 Å². The standard InChI is InChI=1S/C10H13ClO3/c1-6(2)8(10(12)13)5-7-3-4-9(11)14-7/h3-4,6,8H,5H2,1-2H3,(H,12,13).